The number of unbranched alkanes of at least 4 members (excludes halogenated alkanes) is 13. The van der Waals surface area contributed by atoms with E-state index in [1.54, 1.807) is 0 Å². The SMILES string of the molecule is CCCCCC/C=C\COC(=O)CCCCCN(CCCC(=O)OC(CCCCCC)CCCCCCC)C(=O)SCCN(C)C. The number of hydrogen-bond donors (Lipinski definition) is 0. The number of carbonyl (C=O) groups excluding carboxylic acids is 3. The van der Waals surface area contributed by atoms with Crippen LogP contribution in [-0.4, -0.2) is 79.2 Å². The molecule has 0 rings (SSSR count). The number of esters is 2. The maximum Gasteiger partial charge on any atom is 0.306 e. The smallest absolute Gasteiger partial charge is 0.306 e. The first kappa shape index (κ1) is 44.5. The lowest BCUT2D eigenvalue weighted by atomic mass is 10.0. The van der Waals surface area contributed by atoms with Gasteiger partial charge in [0.1, 0.15) is 12.7 Å². The van der Waals surface area contributed by atoms with Crippen LogP contribution in [-0.2, 0) is 19.1 Å². The van der Waals surface area contributed by atoms with Crippen LogP contribution in [0.2, 0.25) is 0 Å². The molecular weight excluding hydrogens is 596 g/mol. The van der Waals surface area contributed by atoms with Crippen molar-refractivity contribution in [3.63, 3.8) is 0 Å². The van der Waals surface area contributed by atoms with Gasteiger partial charge in [-0.25, -0.2) is 0 Å². The fraction of sp³-hybridized carbons (Fsp3) is 0.868. The summed E-state index contributed by atoms with van der Waals surface area (Å²) in [6, 6.07) is 0. The minimum atomic E-state index is -0.161. The van der Waals surface area contributed by atoms with Gasteiger partial charge in [0.05, 0.1) is 0 Å². The largest absolute Gasteiger partial charge is 0.462 e. The van der Waals surface area contributed by atoms with Crippen LogP contribution in [0.15, 0.2) is 12.2 Å². The molecule has 1 amide bonds. The van der Waals surface area contributed by atoms with Crippen molar-refractivity contribution < 1.29 is 23.9 Å². The van der Waals surface area contributed by atoms with Crippen LogP contribution in [0.1, 0.15) is 162 Å². The molecule has 0 aliphatic carbocycles. The first-order valence-electron chi connectivity index (χ1n) is 18.9. The van der Waals surface area contributed by atoms with Gasteiger partial charge in [-0.3, -0.25) is 14.4 Å². The summed E-state index contributed by atoms with van der Waals surface area (Å²) in [5.41, 5.74) is 0. The fourth-order valence-electron chi connectivity index (χ4n) is 5.23. The molecule has 0 aromatic carbocycles. The van der Waals surface area contributed by atoms with E-state index in [1.807, 2.05) is 25.1 Å². The van der Waals surface area contributed by atoms with Gasteiger partial charge in [0.25, 0.3) is 5.24 Å². The predicted octanol–water partition coefficient (Wildman–Crippen LogP) is 10.4. The fourth-order valence-corrected chi connectivity index (χ4v) is 6.23. The van der Waals surface area contributed by atoms with Crippen LogP contribution < -0.4 is 0 Å². The Morgan fingerprint density at radius 1 is 0.630 bits per heavy atom. The average molecular weight is 669 g/mol. The van der Waals surface area contributed by atoms with Crippen LogP contribution in [0.5, 0.6) is 0 Å². The third-order valence-electron chi connectivity index (χ3n) is 8.18. The van der Waals surface area contributed by atoms with Gasteiger partial charge in [0.15, 0.2) is 0 Å². The molecule has 0 aromatic heterocycles. The third-order valence-corrected chi connectivity index (χ3v) is 9.07. The molecule has 7 nitrogen and oxygen atoms in total. The van der Waals surface area contributed by atoms with E-state index in [1.165, 1.54) is 82.4 Å². The summed E-state index contributed by atoms with van der Waals surface area (Å²) in [5, 5.41) is 0.0667. The van der Waals surface area contributed by atoms with Gasteiger partial charge in [0.2, 0.25) is 0 Å². The Balaban J connectivity index is 4.60. The minimum absolute atomic E-state index is 0.0172. The zero-order chi connectivity index (χ0) is 34.1. The van der Waals surface area contributed by atoms with Gasteiger partial charge in [0, 0.05) is 38.2 Å². The molecule has 1 unspecified atom stereocenters. The van der Waals surface area contributed by atoms with E-state index in [9.17, 15) is 14.4 Å². The number of nitrogens with zero attached hydrogens (tertiary/aromatic N) is 2. The maximum absolute atomic E-state index is 13.0. The molecule has 8 heteroatoms. The predicted molar refractivity (Wildman–Crippen MR) is 197 cm³/mol. The van der Waals surface area contributed by atoms with Gasteiger partial charge in [-0.1, -0.05) is 115 Å². The number of rotatable bonds is 32. The highest BCUT2D eigenvalue weighted by Crippen LogP contribution is 2.18. The molecule has 46 heavy (non-hydrogen) atoms. The highest BCUT2D eigenvalue weighted by molar-refractivity contribution is 8.13. The number of allylic oxidation sites excluding steroid dienone is 1. The van der Waals surface area contributed by atoms with Crippen molar-refractivity contribution in [3.05, 3.63) is 12.2 Å². The Labute approximate surface area is 288 Å². The minimum Gasteiger partial charge on any atom is -0.462 e. The number of carbonyl (C=O) groups is 3. The lowest BCUT2D eigenvalue weighted by molar-refractivity contribution is -0.150. The first-order chi connectivity index (χ1) is 22.3. The van der Waals surface area contributed by atoms with E-state index in [2.05, 4.69) is 31.7 Å². The monoisotopic (exact) mass is 669 g/mol. The highest BCUT2D eigenvalue weighted by Gasteiger charge is 2.17. The average Bonchev–Trinajstić information content (AvgIpc) is 3.02. The molecule has 0 aliphatic heterocycles. The van der Waals surface area contributed by atoms with Crippen LogP contribution in [0, 0.1) is 0 Å². The van der Waals surface area contributed by atoms with E-state index in [0.717, 1.165) is 63.7 Å². The Morgan fingerprint density at radius 3 is 1.85 bits per heavy atom. The second kappa shape index (κ2) is 33.4. The molecule has 1 atom stereocenters. The van der Waals surface area contributed by atoms with E-state index in [4.69, 9.17) is 9.47 Å². The van der Waals surface area contributed by atoms with Crippen LogP contribution >= 0.6 is 11.8 Å². The molecule has 0 N–H and O–H groups in total. The van der Waals surface area contributed by atoms with Crippen molar-refractivity contribution in [2.75, 3.05) is 46.1 Å². The van der Waals surface area contributed by atoms with Crippen molar-refractivity contribution >= 4 is 28.9 Å². The van der Waals surface area contributed by atoms with Crippen LogP contribution in [0.4, 0.5) is 4.79 Å². The van der Waals surface area contributed by atoms with E-state index in [-0.39, 0.29) is 23.3 Å². The molecule has 0 fully saturated rings. The van der Waals surface area contributed by atoms with Gasteiger partial charge < -0.3 is 19.3 Å². The summed E-state index contributed by atoms with van der Waals surface area (Å²) >= 11 is 1.35. The number of hydrogen-bond acceptors (Lipinski definition) is 7. The third kappa shape index (κ3) is 29.8. The van der Waals surface area contributed by atoms with E-state index < -0.39 is 0 Å². The highest BCUT2D eigenvalue weighted by atomic mass is 32.2. The Hall–Kier alpha value is -1.54. The zero-order valence-corrected chi connectivity index (χ0v) is 31.5. The van der Waals surface area contributed by atoms with Crippen molar-refractivity contribution in [2.45, 2.75) is 168 Å². The molecule has 0 heterocycles. The molecule has 0 aromatic rings. The van der Waals surface area contributed by atoms with Gasteiger partial charge in [-0.2, -0.15) is 0 Å². The van der Waals surface area contributed by atoms with E-state index in [0.29, 0.717) is 39.0 Å². The molecular formula is C38H72N2O5S. The quantitative estimate of drug-likeness (QED) is 0.0401. The van der Waals surface area contributed by atoms with Gasteiger partial charge in [-0.15, -0.1) is 0 Å². The number of ether oxygens (including phenoxy) is 2. The summed E-state index contributed by atoms with van der Waals surface area (Å²) in [7, 11) is 4.01. The second-order valence-electron chi connectivity index (χ2n) is 13.0. The van der Waals surface area contributed by atoms with Crippen LogP contribution in [0.25, 0.3) is 0 Å². The molecule has 0 saturated carbocycles. The maximum atomic E-state index is 13.0. The van der Waals surface area contributed by atoms with Crippen molar-refractivity contribution in [1.82, 2.24) is 9.80 Å². The Kier molecular flexibility index (Phi) is 32.2. The molecule has 0 spiro atoms. The molecule has 0 radical (unpaired) electrons. The summed E-state index contributed by atoms with van der Waals surface area (Å²) in [4.78, 5) is 41.9. The van der Waals surface area contributed by atoms with Crippen molar-refractivity contribution in [3.8, 4) is 0 Å². The first-order valence-corrected chi connectivity index (χ1v) is 19.9. The normalized spacial score (nSPS) is 12.1. The summed E-state index contributed by atoms with van der Waals surface area (Å²) in [5.74, 6) is 0.443. The second-order valence-corrected chi connectivity index (χ2v) is 14.0. The number of thioether (sulfide) groups is 1. The molecule has 0 saturated heterocycles. The topological polar surface area (TPSA) is 76.1 Å². The molecule has 270 valence electrons. The summed E-state index contributed by atoms with van der Waals surface area (Å²) < 4.78 is 11.3. The lowest BCUT2D eigenvalue weighted by Crippen LogP contribution is -2.31. The van der Waals surface area contributed by atoms with Gasteiger partial charge >= 0.3 is 11.9 Å². The van der Waals surface area contributed by atoms with Gasteiger partial charge in [-0.05, 0) is 71.9 Å². The summed E-state index contributed by atoms with van der Waals surface area (Å²) in [6.45, 7) is 9.02. The van der Waals surface area contributed by atoms with E-state index >= 15 is 0 Å². The molecule has 0 bridgehead atoms. The van der Waals surface area contributed by atoms with Crippen LogP contribution in [0.3, 0.4) is 0 Å². The van der Waals surface area contributed by atoms with Crippen molar-refractivity contribution in [2.24, 2.45) is 0 Å². The number of amides is 1. The Morgan fingerprint density at radius 2 is 1.20 bits per heavy atom. The zero-order valence-electron chi connectivity index (χ0n) is 30.7. The molecule has 0 aliphatic rings. The summed E-state index contributed by atoms with van der Waals surface area (Å²) in [6.07, 6.45) is 26.6. The standard InChI is InChI=1S/C38H72N2O5S/c1-6-9-12-15-16-18-24-33-44-36(41)28-22-19-23-30-40(38(43)46-34-32-39(4)5)31-25-29-37(42)45-35(26-20-14-11-8-3)27-21-17-13-10-7-2/h18,24,35H,6-17,19-23,25-34H2,1-5H3/b24-18-. The Bertz CT molecular complexity index is 761. The van der Waals surface area contributed by atoms with Crippen molar-refractivity contribution in [1.29, 1.82) is 0 Å². The lowest BCUT2D eigenvalue weighted by Gasteiger charge is -2.23.